The van der Waals surface area contributed by atoms with Gasteiger partial charge in [-0.05, 0) is 35.5 Å². The van der Waals surface area contributed by atoms with Gasteiger partial charge in [0.25, 0.3) is 11.1 Å². The Kier molecular flexibility index (Phi) is 5.23. The highest BCUT2D eigenvalue weighted by Crippen LogP contribution is 2.32. The van der Waals surface area contributed by atoms with Gasteiger partial charge >= 0.3 is 0 Å². The number of para-hydroxylation sites is 1. The molecule has 0 aliphatic carbocycles. The van der Waals surface area contributed by atoms with Gasteiger partial charge in [0.05, 0.1) is 16.5 Å². The quantitative estimate of drug-likeness (QED) is 0.740. The molecule has 2 aromatic rings. The fourth-order valence-corrected chi connectivity index (χ4v) is 3.26. The number of carbonyl (C=O) groups excluding carboxylic acids is 2. The number of carbonyl (C=O) groups is 2. The second kappa shape index (κ2) is 7.55. The SMILES string of the molecule is O=C1S/C(=C\c2ccccc2)C(=O)N1CCOc1ccccc1Cl. The van der Waals surface area contributed by atoms with Crippen molar-refractivity contribution in [2.24, 2.45) is 0 Å². The predicted octanol–water partition coefficient (Wildman–Crippen LogP) is 4.46. The number of thioether (sulfide) groups is 1. The molecule has 0 aromatic heterocycles. The van der Waals surface area contributed by atoms with Crippen molar-refractivity contribution < 1.29 is 14.3 Å². The van der Waals surface area contributed by atoms with E-state index in [1.807, 2.05) is 36.4 Å². The van der Waals surface area contributed by atoms with Crippen LogP contribution in [0.4, 0.5) is 4.79 Å². The highest BCUT2D eigenvalue weighted by Gasteiger charge is 2.34. The molecule has 1 heterocycles. The van der Waals surface area contributed by atoms with Crippen molar-refractivity contribution in [2.75, 3.05) is 13.2 Å². The van der Waals surface area contributed by atoms with Crippen LogP contribution >= 0.6 is 23.4 Å². The van der Waals surface area contributed by atoms with Crippen LogP contribution in [-0.4, -0.2) is 29.2 Å². The number of rotatable bonds is 5. The molecule has 0 unspecified atom stereocenters. The molecule has 1 fully saturated rings. The number of halogens is 1. The van der Waals surface area contributed by atoms with Gasteiger partial charge < -0.3 is 4.74 Å². The number of hydrogen-bond donors (Lipinski definition) is 0. The molecule has 6 heteroatoms. The van der Waals surface area contributed by atoms with Crippen molar-refractivity contribution in [3.63, 3.8) is 0 Å². The first-order valence-corrected chi connectivity index (χ1v) is 8.52. The summed E-state index contributed by atoms with van der Waals surface area (Å²) in [4.78, 5) is 26.0. The molecule has 0 spiro atoms. The number of amides is 2. The fraction of sp³-hybridized carbons (Fsp3) is 0.111. The van der Waals surface area contributed by atoms with Crippen LogP contribution in [0.25, 0.3) is 6.08 Å². The van der Waals surface area contributed by atoms with Crippen LogP contribution in [0.3, 0.4) is 0 Å². The van der Waals surface area contributed by atoms with Crippen LogP contribution in [0.5, 0.6) is 5.75 Å². The molecule has 122 valence electrons. The lowest BCUT2D eigenvalue weighted by atomic mass is 10.2. The Morgan fingerprint density at radius 2 is 1.75 bits per heavy atom. The lowest BCUT2D eigenvalue weighted by Gasteiger charge is -2.13. The molecule has 1 aliphatic heterocycles. The molecule has 3 rings (SSSR count). The first kappa shape index (κ1) is 16.6. The van der Waals surface area contributed by atoms with Gasteiger partial charge in [0, 0.05) is 0 Å². The fourth-order valence-electron chi connectivity index (χ4n) is 2.20. The Labute approximate surface area is 149 Å². The molecule has 0 bridgehead atoms. The molecule has 0 N–H and O–H groups in total. The van der Waals surface area contributed by atoms with Crippen LogP contribution in [0, 0.1) is 0 Å². The second-order valence-electron chi connectivity index (χ2n) is 5.02. The van der Waals surface area contributed by atoms with Gasteiger partial charge in [0.15, 0.2) is 0 Å². The van der Waals surface area contributed by atoms with E-state index in [0.29, 0.717) is 15.7 Å². The van der Waals surface area contributed by atoms with Gasteiger partial charge in [0.1, 0.15) is 12.4 Å². The summed E-state index contributed by atoms with van der Waals surface area (Å²) in [5.74, 6) is 0.238. The Morgan fingerprint density at radius 1 is 1.04 bits per heavy atom. The van der Waals surface area contributed by atoms with Gasteiger partial charge in [-0.3, -0.25) is 14.5 Å². The van der Waals surface area contributed by atoms with E-state index in [1.165, 1.54) is 4.90 Å². The summed E-state index contributed by atoms with van der Waals surface area (Å²) < 4.78 is 5.54. The summed E-state index contributed by atoms with van der Waals surface area (Å²) in [6, 6.07) is 16.5. The maximum atomic E-state index is 12.4. The Bertz CT molecular complexity index is 792. The monoisotopic (exact) mass is 359 g/mol. The van der Waals surface area contributed by atoms with Crippen LogP contribution in [0.15, 0.2) is 59.5 Å². The van der Waals surface area contributed by atoms with Crippen molar-refractivity contribution in [1.29, 1.82) is 0 Å². The maximum Gasteiger partial charge on any atom is 0.293 e. The van der Waals surface area contributed by atoms with Crippen molar-refractivity contribution >= 4 is 40.6 Å². The van der Waals surface area contributed by atoms with E-state index in [-0.39, 0.29) is 24.3 Å². The van der Waals surface area contributed by atoms with Gasteiger partial charge in [-0.25, -0.2) is 0 Å². The van der Waals surface area contributed by atoms with Gasteiger partial charge in [-0.2, -0.15) is 0 Å². The summed E-state index contributed by atoms with van der Waals surface area (Å²) in [5.41, 5.74) is 0.885. The van der Waals surface area contributed by atoms with E-state index in [2.05, 4.69) is 0 Å². The third-order valence-electron chi connectivity index (χ3n) is 3.38. The molecule has 0 radical (unpaired) electrons. The van der Waals surface area contributed by atoms with Crippen molar-refractivity contribution in [2.45, 2.75) is 0 Å². The molecule has 2 amide bonds. The maximum absolute atomic E-state index is 12.4. The summed E-state index contributed by atoms with van der Waals surface area (Å²) in [7, 11) is 0. The zero-order valence-corrected chi connectivity index (χ0v) is 14.2. The molecular formula is C18H14ClNO3S. The van der Waals surface area contributed by atoms with Crippen LogP contribution in [-0.2, 0) is 4.79 Å². The van der Waals surface area contributed by atoms with E-state index in [9.17, 15) is 9.59 Å². The van der Waals surface area contributed by atoms with Gasteiger partial charge in [-0.1, -0.05) is 54.1 Å². The Hall–Kier alpha value is -2.24. The van der Waals surface area contributed by atoms with E-state index in [1.54, 1.807) is 24.3 Å². The zero-order valence-electron chi connectivity index (χ0n) is 12.6. The highest BCUT2D eigenvalue weighted by atomic mass is 35.5. The van der Waals surface area contributed by atoms with Crippen LogP contribution in [0.1, 0.15) is 5.56 Å². The van der Waals surface area contributed by atoms with E-state index >= 15 is 0 Å². The third kappa shape index (κ3) is 3.80. The van der Waals surface area contributed by atoms with Crippen molar-refractivity contribution in [3.05, 3.63) is 70.1 Å². The first-order valence-electron chi connectivity index (χ1n) is 7.33. The molecule has 0 atom stereocenters. The predicted molar refractivity (Wildman–Crippen MR) is 96.1 cm³/mol. The number of hydrogen-bond acceptors (Lipinski definition) is 4. The number of ether oxygens (including phenoxy) is 1. The molecule has 4 nitrogen and oxygen atoms in total. The Balaban J connectivity index is 1.63. The lowest BCUT2D eigenvalue weighted by Crippen LogP contribution is -2.32. The molecule has 2 aromatic carbocycles. The highest BCUT2D eigenvalue weighted by molar-refractivity contribution is 8.18. The van der Waals surface area contributed by atoms with E-state index in [4.69, 9.17) is 16.3 Å². The summed E-state index contributed by atoms with van der Waals surface area (Å²) in [6.45, 7) is 0.377. The molecule has 24 heavy (non-hydrogen) atoms. The van der Waals surface area contributed by atoms with Crippen molar-refractivity contribution in [1.82, 2.24) is 4.90 Å². The minimum atomic E-state index is -0.295. The molecule has 1 aliphatic rings. The minimum absolute atomic E-state index is 0.183. The average Bonchev–Trinajstić information content (AvgIpc) is 2.85. The Morgan fingerprint density at radius 3 is 2.50 bits per heavy atom. The van der Waals surface area contributed by atoms with Crippen LogP contribution < -0.4 is 4.74 Å². The molecular weight excluding hydrogens is 346 g/mol. The van der Waals surface area contributed by atoms with Crippen molar-refractivity contribution in [3.8, 4) is 5.75 Å². The minimum Gasteiger partial charge on any atom is -0.490 e. The first-order chi connectivity index (χ1) is 11.6. The van der Waals surface area contributed by atoms with Gasteiger partial charge in [0.2, 0.25) is 0 Å². The van der Waals surface area contributed by atoms with Gasteiger partial charge in [-0.15, -0.1) is 0 Å². The summed E-state index contributed by atoms with van der Waals surface area (Å²) in [6.07, 6.45) is 1.72. The normalized spacial score (nSPS) is 16.0. The molecule has 0 saturated carbocycles. The largest absolute Gasteiger partial charge is 0.490 e. The summed E-state index contributed by atoms with van der Waals surface area (Å²) in [5, 5.41) is 0.209. The average molecular weight is 360 g/mol. The van der Waals surface area contributed by atoms with E-state index in [0.717, 1.165) is 17.3 Å². The zero-order chi connectivity index (χ0) is 16.9. The smallest absolute Gasteiger partial charge is 0.293 e. The number of nitrogens with zero attached hydrogens (tertiary/aromatic N) is 1. The van der Waals surface area contributed by atoms with Crippen LogP contribution in [0.2, 0.25) is 5.02 Å². The molecule has 1 saturated heterocycles. The number of benzene rings is 2. The number of imide groups is 1. The second-order valence-corrected chi connectivity index (χ2v) is 6.42. The summed E-state index contributed by atoms with van der Waals surface area (Å²) >= 11 is 6.95. The topological polar surface area (TPSA) is 46.6 Å². The standard InChI is InChI=1S/C18H14ClNO3S/c19-14-8-4-5-9-15(14)23-11-10-20-17(21)16(24-18(20)22)12-13-6-2-1-3-7-13/h1-9,12H,10-11H2/b16-12-. The third-order valence-corrected chi connectivity index (χ3v) is 4.60. The lowest BCUT2D eigenvalue weighted by molar-refractivity contribution is -0.123. The van der Waals surface area contributed by atoms with E-state index < -0.39 is 0 Å².